The number of anilines is 2. The third-order valence-corrected chi connectivity index (χ3v) is 5.29. The second-order valence-electron chi connectivity index (χ2n) is 4.91. The summed E-state index contributed by atoms with van der Waals surface area (Å²) in [5.41, 5.74) is 0.728. The highest BCUT2D eigenvalue weighted by Gasteiger charge is 2.17. The van der Waals surface area contributed by atoms with E-state index >= 15 is 0 Å². The molecule has 124 valence electrons. The molecular formula is C15H19ClN4OS2. The number of hydrogen-bond donors (Lipinski definition) is 2. The smallest absolute Gasteiger partial charge is 0.237 e. The maximum absolute atomic E-state index is 12.2. The number of amides is 1. The third kappa shape index (κ3) is 6.01. The van der Waals surface area contributed by atoms with Crippen LogP contribution in [0.25, 0.3) is 0 Å². The van der Waals surface area contributed by atoms with Crippen molar-refractivity contribution in [1.29, 1.82) is 0 Å². The fourth-order valence-corrected chi connectivity index (χ4v) is 3.73. The molecule has 1 aromatic heterocycles. The molecule has 0 aliphatic carbocycles. The Morgan fingerprint density at radius 1 is 1.35 bits per heavy atom. The largest absolute Gasteiger partial charge is 0.360 e. The number of hydrogen-bond acceptors (Lipinski definition) is 6. The number of carbonyl (C=O) groups is 1. The molecule has 0 bridgehead atoms. The molecule has 2 rings (SSSR count). The van der Waals surface area contributed by atoms with Gasteiger partial charge in [-0.25, -0.2) is 0 Å². The molecule has 0 saturated heterocycles. The van der Waals surface area contributed by atoms with Gasteiger partial charge >= 0.3 is 0 Å². The van der Waals surface area contributed by atoms with E-state index in [2.05, 4.69) is 27.8 Å². The Balaban J connectivity index is 1.84. The zero-order valence-corrected chi connectivity index (χ0v) is 15.4. The summed E-state index contributed by atoms with van der Waals surface area (Å²) in [6.07, 6.45) is 2.23. The molecule has 0 fully saturated rings. The maximum atomic E-state index is 12.2. The van der Waals surface area contributed by atoms with Gasteiger partial charge in [0, 0.05) is 17.3 Å². The van der Waals surface area contributed by atoms with Crippen molar-refractivity contribution in [2.45, 2.75) is 36.3 Å². The highest BCUT2D eigenvalue weighted by molar-refractivity contribution is 8.02. The summed E-state index contributed by atoms with van der Waals surface area (Å²) in [5.74, 6) is -0.0759. The highest BCUT2D eigenvalue weighted by atomic mass is 35.5. The normalized spacial score (nSPS) is 12.0. The van der Waals surface area contributed by atoms with Gasteiger partial charge in [-0.2, -0.15) is 0 Å². The van der Waals surface area contributed by atoms with Crippen LogP contribution in [0.3, 0.4) is 0 Å². The number of thioether (sulfide) groups is 1. The van der Waals surface area contributed by atoms with Crippen LogP contribution >= 0.6 is 34.7 Å². The van der Waals surface area contributed by atoms with Crippen LogP contribution in [0.5, 0.6) is 0 Å². The first kappa shape index (κ1) is 18.0. The summed E-state index contributed by atoms with van der Waals surface area (Å²) in [5, 5.41) is 15.5. The van der Waals surface area contributed by atoms with Gasteiger partial charge in [-0.1, -0.05) is 48.0 Å². The first-order valence-corrected chi connectivity index (χ1v) is 9.46. The van der Waals surface area contributed by atoms with Crippen molar-refractivity contribution in [3.63, 3.8) is 0 Å². The predicted molar refractivity (Wildman–Crippen MR) is 98.7 cm³/mol. The van der Waals surface area contributed by atoms with Crippen molar-refractivity contribution < 1.29 is 4.79 Å². The fourth-order valence-electron chi connectivity index (χ4n) is 1.68. The Morgan fingerprint density at radius 2 is 2.09 bits per heavy atom. The fraction of sp³-hybridized carbons (Fsp3) is 0.400. The van der Waals surface area contributed by atoms with Crippen molar-refractivity contribution in [3.05, 3.63) is 29.3 Å². The molecule has 23 heavy (non-hydrogen) atoms. The molecule has 0 unspecified atom stereocenters. The van der Waals surface area contributed by atoms with Gasteiger partial charge in [0.2, 0.25) is 11.0 Å². The van der Waals surface area contributed by atoms with Gasteiger partial charge in [-0.15, -0.1) is 10.2 Å². The quantitative estimate of drug-likeness (QED) is 0.528. The van der Waals surface area contributed by atoms with Gasteiger partial charge < -0.3 is 10.6 Å². The Bertz CT molecular complexity index is 633. The van der Waals surface area contributed by atoms with Crippen LogP contribution in [-0.2, 0) is 4.79 Å². The zero-order valence-electron chi connectivity index (χ0n) is 13.0. The van der Waals surface area contributed by atoms with Crippen LogP contribution in [0, 0.1) is 0 Å². The summed E-state index contributed by atoms with van der Waals surface area (Å²) >= 11 is 8.70. The van der Waals surface area contributed by atoms with E-state index < -0.39 is 0 Å². The second-order valence-corrected chi connectivity index (χ2v) is 7.91. The molecule has 2 aromatic rings. The van der Waals surface area contributed by atoms with Gasteiger partial charge in [0.1, 0.15) is 0 Å². The van der Waals surface area contributed by atoms with E-state index in [4.69, 9.17) is 11.6 Å². The molecule has 0 aliphatic heterocycles. The van der Waals surface area contributed by atoms with Gasteiger partial charge in [-0.05, 0) is 37.6 Å². The van der Waals surface area contributed by atoms with Crippen molar-refractivity contribution in [1.82, 2.24) is 10.2 Å². The van der Waals surface area contributed by atoms with Crippen LogP contribution in [0.2, 0.25) is 5.02 Å². The van der Waals surface area contributed by atoms with Crippen molar-refractivity contribution in [2.24, 2.45) is 0 Å². The number of carbonyl (C=O) groups excluding carboxylic acids is 1. The number of nitrogens with one attached hydrogen (secondary N) is 2. The third-order valence-electron chi connectivity index (χ3n) is 2.97. The lowest BCUT2D eigenvalue weighted by Crippen LogP contribution is -2.22. The Morgan fingerprint density at radius 3 is 2.78 bits per heavy atom. The molecule has 0 spiro atoms. The van der Waals surface area contributed by atoms with Gasteiger partial charge in [0.05, 0.1) is 5.25 Å². The van der Waals surface area contributed by atoms with Crippen LogP contribution in [-0.4, -0.2) is 27.9 Å². The standard InChI is InChI=1S/C15H19ClN4OS2/c1-3-4-9-17-14-19-20-15(23-14)22-10(2)13(21)18-12-7-5-11(16)6-8-12/h5-8,10H,3-4,9H2,1-2H3,(H,17,19)(H,18,21)/t10-/m1/s1. The van der Waals surface area contributed by atoms with E-state index in [9.17, 15) is 4.79 Å². The molecule has 1 heterocycles. The number of unbranched alkanes of at least 4 members (excludes halogenated alkanes) is 1. The summed E-state index contributed by atoms with van der Waals surface area (Å²) in [4.78, 5) is 12.2. The van der Waals surface area contributed by atoms with Crippen molar-refractivity contribution in [3.8, 4) is 0 Å². The lowest BCUT2D eigenvalue weighted by atomic mass is 10.3. The van der Waals surface area contributed by atoms with E-state index in [-0.39, 0.29) is 11.2 Å². The highest BCUT2D eigenvalue weighted by Crippen LogP contribution is 2.29. The van der Waals surface area contributed by atoms with Crippen LogP contribution in [0.1, 0.15) is 26.7 Å². The van der Waals surface area contributed by atoms with Gasteiger partial charge in [0.25, 0.3) is 0 Å². The molecule has 0 saturated carbocycles. The van der Waals surface area contributed by atoms with Crippen molar-refractivity contribution in [2.75, 3.05) is 17.2 Å². The van der Waals surface area contributed by atoms with Gasteiger partial charge in [0.15, 0.2) is 4.34 Å². The number of benzene rings is 1. The number of halogens is 1. The zero-order chi connectivity index (χ0) is 16.7. The summed E-state index contributed by atoms with van der Waals surface area (Å²) in [6, 6.07) is 7.04. The van der Waals surface area contributed by atoms with Crippen LogP contribution in [0.15, 0.2) is 28.6 Å². The average Bonchev–Trinajstić information content (AvgIpc) is 2.97. The average molecular weight is 371 g/mol. The monoisotopic (exact) mass is 370 g/mol. The van der Waals surface area contributed by atoms with Crippen LogP contribution in [0.4, 0.5) is 10.8 Å². The maximum Gasteiger partial charge on any atom is 0.237 e. The minimum atomic E-state index is -0.262. The predicted octanol–water partition coefficient (Wildman–Crippen LogP) is 4.52. The summed E-state index contributed by atoms with van der Waals surface area (Å²) < 4.78 is 0.780. The minimum Gasteiger partial charge on any atom is -0.360 e. The topological polar surface area (TPSA) is 66.9 Å². The number of nitrogens with zero attached hydrogens (tertiary/aromatic N) is 2. The SMILES string of the molecule is CCCCNc1nnc(S[C@H](C)C(=O)Nc2ccc(Cl)cc2)s1. The number of rotatable bonds is 8. The molecule has 8 heteroatoms. The van der Waals surface area contributed by atoms with E-state index in [0.29, 0.717) is 5.02 Å². The Labute approximate surface area is 149 Å². The first-order chi connectivity index (χ1) is 11.1. The second kappa shape index (κ2) is 9.10. The van der Waals surface area contributed by atoms with E-state index in [1.165, 1.54) is 23.1 Å². The van der Waals surface area contributed by atoms with E-state index in [0.717, 1.165) is 34.5 Å². The minimum absolute atomic E-state index is 0.0759. The summed E-state index contributed by atoms with van der Waals surface area (Å²) in [6.45, 7) is 4.88. The molecule has 0 aliphatic rings. The molecule has 5 nitrogen and oxygen atoms in total. The van der Waals surface area contributed by atoms with E-state index in [1.54, 1.807) is 24.3 Å². The lowest BCUT2D eigenvalue weighted by Gasteiger charge is -2.10. The molecular weight excluding hydrogens is 352 g/mol. The Hall–Kier alpha value is -1.31. The van der Waals surface area contributed by atoms with Crippen LogP contribution < -0.4 is 10.6 Å². The molecule has 1 atom stereocenters. The summed E-state index contributed by atoms with van der Waals surface area (Å²) in [7, 11) is 0. The Kier molecular flexibility index (Phi) is 7.14. The van der Waals surface area contributed by atoms with Crippen molar-refractivity contribution >= 4 is 51.4 Å². The molecule has 1 aromatic carbocycles. The first-order valence-electron chi connectivity index (χ1n) is 7.39. The lowest BCUT2D eigenvalue weighted by molar-refractivity contribution is -0.115. The molecule has 1 amide bonds. The molecule has 0 radical (unpaired) electrons. The number of aromatic nitrogens is 2. The van der Waals surface area contributed by atoms with Gasteiger partial charge in [-0.3, -0.25) is 4.79 Å². The van der Waals surface area contributed by atoms with E-state index in [1.807, 2.05) is 6.92 Å². The molecule has 2 N–H and O–H groups in total.